The maximum Gasteiger partial charge on any atom is 0.407 e. The van der Waals surface area contributed by atoms with E-state index in [0.29, 0.717) is 6.42 Å². The van der Waals surface area contributed by atoms with Gasteiger partial charge in [-0.05, 0) is 27.2 Å². The van der Waals surface area contributed by atoms with Crippen LogP contribution in [0.2, 0.25) is 0 Å². The van der Waals surface area contributed by atoms with Crippen LogP contribution in [0, 0.1) is 0 Å². The maximum absolute atomic E-state index is 11.0. The second-order valence-corrected chi connectivity index (χ2v) is 3.90. The molecule has 0 aromatic heterocycles. The molecule has 0 rings (SSSR count). The minimum Gasteiger partial charge on any atom is -0.444 e. The molecule has 0 saturated heterocycles. The Morgan fingerprint density at radius 2 is 1.86 bits per heavy atom. The number of amides is 1. The fraction of sp³-hybridized carbons (Fsp3) is 0.778. The second-order valence-electron chi connectivity index (χ2n) is 3.90. The summed E-state index contributed by atoms with van der Waals surface area (Å²) >= 11 is 0. The Bertz CT molecular complexity index is 207. The first-order valence-electron chi connectivity index (χ1n) is 4.48. The lowest BCUT2D eigenvalue weighted by molar-refractivity contribution is -0.143. The van der Waals surface area contributed by atoms with Crippen LogP contribution in [0.5, 0.6) is 0 Å². The van der Waals surface area contributed by atoms with E-state index in [4.69, 9.17) is 4.74 Å². The number of carbonyl (C=O) groups excluding carboxylic acids is 2. The highest BCUT2D eigenvalue weighted by molar-refractivity contribution is 5.68. The average Bonchev–Trinajstić information content (AvgIpc) is 1.94. The fourth-order valence-corrected chi connectivity index (χ4v) is 0.737. The number of hydrogen-bond donors (Lipinski definition) is 1. The zero-order valence-corrected chi connectivity index (χ0v) is 8.75. The summed E-state index contributed by atoms with van der Waals surface area (Å²) in [6.45, 7) is 5.55. The molecule has 0 saturated carbocycles. The van der Waals surface area contributed by atoms with E-state index in [0.717, 1.165) is 0 Å². The Kier molecular flexibility index (Phi) is 4.97. The molecule has 0 aliphatic heterocycles. The lowest BCUT2D eigenvalue weighted by Gasteiger charge is -2.19. The molecule has 1 radical (unpaired) electrons. The maximum atomic E-state index is 11.0. The molecule has 0 aromatic carbocycles. The Balaban J connectivity index is 3.50. The van der Waals surface area contributed by atoms with Gasteiger partial charge in [0.2, 0.25) is 0 Å². The van der Waals surface area contributed by atoms with Crippen molar-refractivity contribution in [2.24, 2.45) is 0 Å². The topological polar surface area (TPSA) is 75.3 Å². The van der Waals surface area contributed by atoms with Gasteiger partial charge in [-0.3, -0.25) is 0 Å². The SMILES string of the molecule is CC(C)(C)OC(=O)NCCCC([O])=O. The van der Waals surface area contributed by atoms with Gasteiger partial charge in [0, 0.05) is 6.54 Å². The van der Waals surface area contributed by atoms with Crippen molar-refractivity contribution >= 4 is 12.1 Å². The van der Waals surface area contributed by atoms with Crippen LogP contribution in [0.15, 0.2) is 0 Å². The van der Waals surface area contributed by atoms with Gasteiger partial charge in [-0.2, -0.15) is 0 Å². The fourth-order valence-electron chi connectivity index (χ4n) is 0.737. The number of hydrogen-bond acceptors (Lipinski definition) is 3. The van der Waals surface area contributed by atoms with Crippen molar-refractivity contribution in [1.82, 2.24) is 5.32 Å². The van der Waals surface area contributed by atoms with E-state index in [1.54, 1.807) is 20.8 Å². The summed E-state index contributed by atoms with van der Waals surface area (Å²) in [4.78, 5) is 21.0. The molecule has 81 valence electrons. The molecule has 1 N–H and O–H groups in total. The summed E-state index contributed by atoms with van der Waals surface area (Å²) in [5, 5.41) is 12.5. The third-order valence-electron chi connectivity index (χ3n) is 1.23. The van der Waals surface area contributed by atoms with E-state index >= 15 is 0 Å². The van der Waals surface area contributed by atoms with Crippen molar-refractivity contribution in [3.8, 4) is 0 Å². The first-order chi connectivity index (χ1) is 6.31. The van der Waals surface area contributed by atoms with Gasteiger partial charge in [0.15, 0.2) is 0 Å². The lowest BCUT2D eigenvalue weighted by atomic mass is 10.2. The molecule has 5 heteroatoms. The number of rotatable bonds is 4. The van der Waals surface area contributed by atoms with Gasteiger partial charge in [-0.1, -0.05) is 0 Å². The zero-order valence-electron chi connectivity index (χ0n) is 8.75. The summed E-state index contributed by atoms with van der Waals surface area (Å²) in [5.41, 5.74) is -0.529. The monoisotopic (exact) mass is 202 g/mol. The summed E-state index contributed by atoms with van der Waals surface area (Å²) < 4.78 is 4.93. The van der Waals surface area contributed by atoms with Crippen LogP contribution < -0.4 is 5.32 Å². The summed E-state index contributed by atoms with van der Waals surface area (Å²) in [5.74, 6) is -1.11. The molecule has 1 amide bonds. The predicted octanol–water partition coefficient (Wildman–Crippen LogP) is 1.25. The summed E-state index contributed by atoms with van der Waals surface area (Å²) in [6.07, 6.45) is -0.243. The van der Waals surface area contributed by atoms with Crippen molar-refractivity contribution in [3.05, 3.63) is 0 Å². The minimum absolute atomic E-state index is 0.0597. The molecule has 0 unspecified atom stereocenters. The summed E-state index contributed by atoms with van der Waals surface area (Å²) in [6, 6.07) is 0. The standard InChI is InChI=1S/C9H16NO4/c1-9(2,3)14-8(13)10-6-4-5-7(11)12/h4-6H2,1-3H3,(H,10,13). The highest BCUT2D eigenvalue weighted by Crippen LogP contribution is 2.06. The Morgan fingerprint density at radius 3 is 2.29 bits per heavy atom. The Labute approximate surface area is 83.4 Å². The molecule has 0 atom stereocenters. The van der Waals surface area contributed by atoms with Crippen LogP contribution in [-0.4, -0.2) is 24.2 Å². The molecule has 14 heavy (non-hydrogen) atoms. The van der Waals surface area contributed by atoms with E-state index in [-0.39, 0.29) is 13.0 Å². The van der Waals surface area contributed by atoms with Gasteiger partial charge >= 0.3 is 12.1 Å². The largest absolute Gasteiger partial charge is 0.444 e. The quantitative estimate of drug-likeness (QED) is 0.697. The molecule has 0 spiro atoms. The van der Waals surface area contributed by atoms with Crippen LogP contribution in [-0.2, 0) is 14.6 Å². The van der Waals surface area contributed by atoms with Crippen molar-refractivity contribution < 1.29 is 19.4 Å². The van der Waals surface area contributed by atoms with Gasteiger partial charge in [-0.15, -0.1) is 0 Å². The first kappa shape index (κ1) is 12.7. The van der Waals surface area contributed by atoms with Crippen molar-refractivity contribution in [1.29, 1.82) is 0 Å². The molecule has 0 fully saturated rings. The van der Waals surface area contributed by atoms with Gasteiger partial charge in [0.05, 0.1) is 6.42 Å². The van der Waals surface area contributed by atoms with Crippen molar-refractivity contribution in [2.45, 2.75) is 39.2 Å². The molecule has 0 bridgehead atoms. The van der Waals surface area contributed by atoms with Gasteiger partial charge in [0.1, 0.15) is 5.60 Å². The molecule has 0 aliphatic rings. The normalized spacial score (nSPS) is 10.8. The van der Waals surface area contributed by atoms with E-state index in [2.05, 4.69) is 5.32 Å². The number of nitrogens with one attached hydrogen (secondary N) is 1. The van der Waals surface area contributed by atoms with E-state index < -0.39 is 17.7 Å². The van der Waals surface area contributed by atoms with Gasteiger partial charge in [-0.25, -0.2) is 14.7 Å². The van der Waals surface area contributed by atoms with Gasteiger partial charge < -0.3 is 10.1 Å². The highest BCUT2D eigenvalue weighted by atomic mass is 16.6. The summed E-state index contributed by atoms with van der Waals surface area (Å²) in [7, 11) is 0. The first-order valence-corrected chi connectivity index (χ1v) is 4.48. The number of ether oxygens (including phenoxy) is 1. The average molecular weight is 202 g/mol. The zero-order chi connectivity index (χ0) is 11.2. The van der Waals surface area contributed by atoms with Crippen LogP contribution in [0.1, 0.15) is 33.6 Å². The molecular weight excluding hydrogens is 186 g/mol. The lowest BCUT2D eigenvalue weighted by Crippen LogP contribution is -2.33. The van der Waals surface area contributed by atoms with Crippen LogP contribution >= 0.6 is 0 Å². The van der Waals surface area contributed by atoms with E-state index in [9.17, 15) is 14.7 Å². The third kappa shape index (κ3) is 8.83. The van der Waals surface area contributed by atoms with Gasteiger partial charge in [0.25, 0.3) is 0 Å². The predicted molar refractivity (Wildman–Crippen MR) is 49.2 cm³/mol. The smallest absolute Gasteiger partial charge is 0.407 e. The van der Waals surface area contributed by atoms with Crippen molar-refractivity contribution in [2.75, 3.05) is 6.54 Å². The molecular formula is C9H16NO4. The van der Waals surface area contributed by atoms with E-state index in [1.165, 1.54) is 0 Å². The number of alkyl carbamates (subject to hydrolysis) is 1. The van der Waals surface area contributed by atoms with Crippen LogP contribution in [0.3, 0.4) is 0 Å². The highest BCUT2D eigenvalue weighted by Gasteiger charge is 2.15. The number of carbonyl (C=O) groups is 2. The Morgan fingerprint density at radius 1 is 1.29 bits per heavy atom. The van der Waals surface area contributed by atoms with E-state index in [1.807, 2.05) is 0 Å². The Hall–Kier alpha value is -1.26. The second kappa shape index (κ2) is 5.47. The van der Waals surface area contributed by atoms with Crippen LogP contribution in [0.4, 0.5) is 4.79 Å². The third-order valence-corrected chi connectivity index (χ3v) is 1.23. The minimum atomic E-state index is -1.11. The van der Waals surface area contributed by atoms with Crippen molar-refractivity contribution in [3.63, 3.8) is 0 Å². The molecule has 0 aromatic rings. The molecule has 5 nitrogen and oxygen atoms in total. The molecule has 0 aliphatic carbocycles. The molecule has 0 heterocycles. The van der Waals surface area contributed by atoms with Crippen LogP contribution in [0.25, 0.3) is 0 Å².